The highest BCUT2D eigenvalue weighted by atomic mass is 35.5. The third-order valence-corrected chi connectivity index (χ3v) is 3.20. The van der Waals surface area contributed by atoms with E-state index in [0.717, 1.165) is 11.1 Å². The summed E-state index contributed by atoms with van der Waals surface area (Å²) in [5.41, 5.74) is 8.23. The molecule has 0 unspecified atom stereocenters. The van der Waals surface area contributed by atoms with E-state index in [1.54, 1.807) is 24.3 Å². The number of halogens is 1. The number of aryl methyl sites for hydroxylation is 1. The van der Waals surface area contributed by atoms with Crippen molar-refractivity contribution in [1.29, 1.82) is 0 Å². The van der Waals surface area contributed by atoms with Gasteiger partial charge in [-0.05, 0) is 30.7 Å². The van der Waals surface area contributed by atoms with Crippen LogP contribution in [0.2, 0.25) is 5.02 Å². The molecule has 0 amide bonds. The number of carbonyl (C=O) groups excluding carboxylic acids is 1. The van der Waals surface area contributed by atoms with Crippen LogP contribution in [-0.4, -0.2) is 11.8 Å². The maximum atomic E-state index is 11.6. The van der Waals surface area contributed by atoms with Gasteiger partial charge in [-0.3, -0.25) is 0 Å². The molecule has 2 aromatic carbocycles. The number of rotatable bonds is 4. The third kappa shape index (κ3) is 4.46. The highest BCUT2D eigenvalue weighted by Crippen LogP contribution is 2.16. The number of hydrogen-bond acceptors (Lipinski definition) is 3. The number of nitrogens with zero attached hydrogens (tertiary/aromatic N) is 1. The molecule has 0 bridgehead atoms. The molecular weight excluding hydrogens is 300 g/mol. The molecule has 0 aromatic heterocycles. The Hall–Kier alpha value is -2.59. The Labute approximate surface area is 133 Å². The van der Waals surface area contributed by atoms with Crippen molar-refractivity contribution in [2.45, 2.75) is 6.92 Å². The highest BCUT2D eigenvalue weighted by Gasteiger charge is 2.02. The summed E-state index contributed by atoms with van der Waals surface area (Å²) in [5.74, 6) is -0.487. The average molecular weight is 315 g/mol. The molecule has 0 heterocycles. The molecule has 0 saturated heterocycles. The van der Waals surface area contributed by atoms with Gasteiger partial charge in [0.15, 0.2) is 5.84 Å². The molecule has 2 N–H and O–H groups in total. The summed E-state index contributed by atoms with van der Waals surface area (Å²) >= 11 is 5.98. The number of nitrogens with two attached hydrogens (primary N) is 1. The maximum absolute atomic E-state index is 11.6. The van der Waals surface area contributed by atoms with Crippen LogP contribution in [-0.2, 0) is 9.63 Å². The normalized spacial score (nSPS) is 11.6. The molecule has 0 spiro atoms. The zero-order valence-corrected chi connectivity index (χ0v) is 12.7. The molecule has 112 valence electrons. The summed E-state index contributed by atoms with van der Waals surface area (Å²) in [6.45, 7) is 1.94. The lowest BCUT2D eigenvalue weighted by Crippen LogP contribution is -2.14. The van der Waals surface area contributed by atoms with Crippen LogP contribution in [0.4, 0.5) is 0 Å². The predicted octanol–water partition coefficient (Wildman–Crippen LogP) is 3.53. The van der Waals surface area contributed by atoms with Gasteiger partial charge in [-0.15, -0.1) is 0 Å². The quantitative estimate of drug-likeness (QED) is 0.309. The Kier molecular flexibility index (Phi) is 5.33. The van der Waals surface area contributed by atoms with Crippen molar-refractivity contribution < 1.29 is 9.63 Å². The molecule has 0 aliphatic rings. The number of oxime groups is 1. The van der Waals surface area contributed by atoms with Crippen LogP contribution in [0.15, 0.2) is 59.8 Å². The molecule has 0 radical (unpaired) electrons. The van der Waals surface area contributed by atoms with Crippen molar-refractivity contribution in [3.8, 4) is 0 Å². The van der Waals surface area contributed by atoms with Gasteiger partial charge in [-0.25, -0.2) is 4.79 Å². The van der Waals surface area contributed by atoms with Crippen molar-refractivity contribution in [2.75, 3.05) is 0 Å². The van der Waals surface area contributed by atoms with Crippen LogP contribution in [0.5, 0.6) is 0 Å². The Morgan fingerprint density at radius 3 is 2.73 bits per heavy atom. The number of carbonyl (C=O) groups is 1. The second-order valence-corrected chi connectivity index (χ2v) is 5.02. The fourth-order valence-electron chi connectivity index (χ4n) is 1.75. The minimum atomic E-state index is -0.629. The zero-order valence-electron chi connectivity index (χ0n) is 12.0. The van der Waals surface area contributed by atoms with Gasteiger partial charge in [0.2, 0.25) is 0 Å². The largest absolute Gasteiger partial charge is 0.380 e. The molecule has 22 heavy (non-hydrogen) atoms. The van der Waals surface area contributed by atoms with Crippen LogP contribution < -0.4 is 5.73 Å². The lowest BCUT2D eigenvalue weighted by Gasteiger charge is -2.01. The van der Waals surface area contributed by atoms with Crippen molar-refractivity contribution in [3.05, 3.63) is 76.3 Å². The van der Waals surface area contributed by atoms with E-state index < -0.39 is 5.97 Å². The molecule has 5 heteroatoms. The van der Waals surface area contributed by atoms with Gasteiger partial charge < -0.3 is 10.6 Å². The molecule has 0 aliphatic heterocycles. The van der Waals surface area contributed by atoms with Gasteiger partial charge in [0, 0.05) is 16.7 Å². The van der Waals surface area contributed by atoms with E-state index in [-0.39, 0.29) is 5.84 Å². The van der Waals surface area contributed by atoms with Gasteiger partial charge in [0.1, 0.15) is 0 Å². The van der Waals surface area contributed by atoms with E-state index in [4.69, 9.17) is 22.2 Å². The first-order valence-corrected chi connectivity index (χ1v) is 6.98. The molecule has 0 atom stereocenters. The van der Waals surface area contributed by atoms with Crippen LogP contribution >= 0.6 is 11.6 Å². The summed E-state index contributed by atoms with van der Waals surface area (Å²) in [6.07, 6.45) is 2.80. The maximum Gasteiger partial charge on any atom is 0.358 e. The van der Waals surface area contributed by atoms with E-state index in [1.807, 2.05) is 37.3 Å². The fraction of sp³-hybridized carbons (Fsp3) is 0.0588. The third-order valence-electron chi connectivity index (χ3n) is 2.85. The van der Waals surface area contributed by atoms with Crippen LogP contribution in [0.3, 0.4) is 0 Å². The van der Waals surface area contributed by atoms with Crippen molar-refractivity contribution in [1.82, 2.24) is 0 Å². The minimum absolute atomic E-state index is 0.142. The Morgan fingerprint density at radius 1 is 1.23 bits per heavy atom. The molecule has 4 nitrogen and oxygen atoms in total. The van der Waals surface area contributed by atoms with Gasteiger partial charge in [-0.2, -0.15) is 0 Å². The molecular formula is C17H15ClN2O2. The van der Waals surface area contributed by atoms with Crippen LogP contribution in [0.25, 0.3) is 6.08 Å². The summed E-state index contributed by atoms with van der Waals surface area (Å²) in [5, 5.41) is 4.18. The second kappa shape index (κ2) is 7.43. The first-order valence-electron chi connectivity index (χ1n) is 6.60. The Balaban J connectivity index is 2.00. The van der Waals surface area contributed by atoms with E-state index >= 15 is 0 Å². The fourth-order valence-corrected chi connectivity index (χ4v) is 1.95. The van der Waals surface area contributed by atoms with Crippen molar-refractivity contribution >= 4 is 29.5 Å². The first kappa shape index (κ1) is 15.8. The highest BCUT2D eigenvalue weighted by molar-refractivity contribution is 6.32. The van der Waals surface area contributed by atoms with E-state index in [2.05, 4.69) is 5.16 Å². The van der Waals surface area contributed by atoms with Gasteiger partial charge in [0.05, 0.1) is 0 Å². The van der Waals surface area contributed by atoms with Gasteiger partial charge in [-0.1, -0.05) is 58.7 Å². The first-order chi connectivity index (χ1) is 10.6. The molecule has 2 rings (SSSR count). The van der Waals surface area contributed by atoms with Gasteiger partial charge in [0.25, 0.3) is 0 Å². The summed E-state index contributed by atoms with van der Waals surface area (Å²) in [6, 6.07) is 14.6. The molecule has 0 fully saturated rings. The number of amidine groups is 1. The lowest BCUT2D eigenvalue weighted by atomic mass is 10.1. The molecule has 0 aliphatic carbocycles. The summed E-state index contributed by atoms with van der Waals surface area (Å²) in [4.78, 5) is 16.4. The Morgan fingerprint density at radius 2 is 2.00 bits per heavy atom. The van der Waals surface area contributed by atoms with Crippen LogP contribution in [0.1, 0.15) is 16.7 Å². The number of benzene rings is 2. The van der Waals surface area contributed by atoms with E-state index in [9.17, 15) is 4.79 Å². The minimum Gasteiger partial charge on any atom is -0.380 e. The SMILES string of the molecule is Cc1cccc(/C(N)=N/OC(=O)C=Cc2ccccc2Cl)c1. The van der Waals surface area contributed by atoms with Crippen molar-refractivity contribution in [3.63, 3.8) is 0 Å². The standard InChI is InChI=1S/C17H15ClN2O2/c1-12-5-4-7-14(11-12)17(19)20-22-16(21)10-9-13-6-2-3-8-15(13)18/h2-11H,1H3,(H2,19,20). The summed E-state index contributed by atoms with van der Waals surface area (Å²) < 4.78 is 0. The second-order valence-electron chi connectivity index (χ2n) is 4.61. The van der Waals surface area contributed by atoms with Crippen molar-refractivity contribution in [2.24, 2.45) is 10.9 Å². The molecule has 2 aromatic rings. The Bertz CT molecular complexity index is 739. The van der Waals surface area contributed by atoms with E-state index in [1.165, 1.54) is 6.08 Å². The monoisotopic (exact) mass is 314 g/mol. The van der Waals surface area contributed by atoms with E-state index in [0.29, 0.717) is 10.6 Å². The number of hydrogen-bond donors (Lipinski definition) is 1. The zero-order chi connectivity index (χ0) is 15.9. The van der Waals surface area contributed by atoms with Gasteiger partial charge >= 0.3 is 5.97 Å². The lowest BCUT2D eigenvalue weighted by molar-refractivity contribution is -0.137. The predicted molar refractivity (Wildman–Crippen MR) is 88.5 cm³/mol. The molecule has 0 saturated carbocycles. The smallest absolute Gasteiger partial charge is 0.358 e. The topological polar surface area (TPSA) is 64.7 Å². The van der Waals surface area contributed by atoms with Crippen LogP contribution in [0, 0.1) is 6.92 Å². The average Bonchev–Trinajstić information content (AvgIpc) is 2.52. The summed E-state index contributed by atoms with van der Waals surface area (Å²) in [7, 11) is 0.